The summed E-state index contributed by atoms with van der Waals surface area (Å²) in [6.07, 6.45) is 0. The van der Waals surface area contributed by atoms with Gasteiger partial charge in [-0.15, -0.1) is 11.3 Å². The van der Waals surface area contributed by atoms with Gasteiger partial charge in [-0.1, -0.05) is 18.2 Å². The van der Waals surface area contributed by atoms with Crippen molar-refractivity contribution in [3.05, 3.63) is 40.9 Å². The number of nitrogens with zero attached hydrogens (tertiary/aromatic N) is 1. The number of carbonyl (C=O) groups is 1. The minimum atomic E-state index is -0.394. The molecule has 6 heteroatoms. The lowest BCUT2D eigenvalue weighted by Gasteiger charge is -2.08. The van der Waals surface area contributed by atoms with E-state index in [1.165, 1.54) is 11.3 Å². The lowest BCUT2D eigenvalue weighted by atomic mass is 10.2. The van der Waals surface area contributed by atoms with Gasteiger partial charge in [-0.2, -0.15) is 0 Å². The van der Waals surface area contributed by atoms with Crippen LogP contribution in [-0.4, -0.2) is 24.7 Å². The van der Waals surface area contributed by atoms with Gasteiger partial charge < -0.3 is 14.8 Å². The van der Waals surface area contributed by atoms with E-state index >= 15 is 0 Å². The fourth-order valence-corrected chi connectivity index (χ4v) is 2.35. The maximum atomic E-state index is 11.5. The molecule has 2 rings (SSSR count). The number of carbonyl (C=O) groups excluding carboxylic acids is 1. The van der Waals surface area contributed by atoms with E-state index in [-0.39, 0.29) is 0 Å². The van der Waals surface area contributed by atoms with Crippen molar-refractivity contribution in [2.24, 2.45) is 0 Å². The van der Waals surface area contributed by atoms with E-state index in [4.69, 9.17) is 9.47 Å². The van der Waals surface area contributed by atoms with E-state index in [0.29, 0.717) is 24.0 Å². The Labute approximate surface area is 121 Å². The Bertz CT molecular complexity index is 583. The SMILES string of the molecule is CCOC(=O)c1csc(NCc2ccccc2OC)n1. The number of nitrogens with one attached hydrogen (secondary N) is 1. The van der Waals surface area contributed by atoms with Gasteiger partial charge in [0.25, 0.3) is 0 Å². The Morgan fingerprint density at radius 2 is 2.20 bits per heavy atom. The first-order valence-corrected chi connectivity index (χ1v) is 7.11. The van der Waals surface area contributed by atoms with Crippen LogP contribution in [0.15, 0.2) is 29.6 Å². The van der Waals surface area contributed by atoms with Gasteiger partial charge in [0.05, 0.1) is 13.7 Å². The topological polar surface area (TPSA) is 60.5 Å². The van der Waals surface area contributed by atoms with Crippen molar-refractivity contribution in [1.29, 1.82) is 0 Å². The number of thiazole rings is 1. The average molecular weight is 292 g/mol. The average Bonchev–Trinajstić information content (AvgIpc) is 2.94. The first-order valence-electron chi connectivity index (χ1n) is 6.23. The molecule has 1 N–H and O–H groups in total. The van der Waals surface area contributed by atoms with E-state index in [2.05, 4.69) is 10.3 Å². The molecular formula is C14H16N2O3S. The number of rotatable bonds is 6. The van der Waals surface area contributed by atoms with Crippen LogP contribution in [0.3, 0.4) is 0 Å². The number of hydrogen-bond acceptors (Lipinski definition) is 6. The Kier molecular flexibility index (Phi) is 4.95. The molecule has 1 heterocycles. The first-order chi connectivity index (χ1) is 9.74. The van der Waals surface area contributed by atoms with E-state index in [1.54, 1.807) is 19.4 Å². The Morgan fingerprint density at radius 3 is 2.95 bits per heavy atom. The van der Waals surface area contributed by atoms with E-state index < -0.39 is 5.97 Å². The van der Waals surface area contributed by atoms with Crippen LogP contribution in [0, 0.1) is 0 Å². The Hall–Kier alpha value is -2.08. The van der Waals surface area contributed by atoms with Crippen LogP contribution in [0.25, 0.3) is 0 Å². The quantitative estimate of drug-likeness (QED) is 0.829. The molecule has 1 aromatic heterocycles. The van der Waals surface area contributed by atoms with Crippen LogP contribution in [0.2, 0.25) is 0 Å². The molecule has 20 heavy (non-hydrogen) atoms. The smallest absolute Gasteiger partial charge is 0.357 e. The molecule has 2 aromatic rings. The van der Waals surface area contributed by atoms with Crippen LogP contribution in [-0.2, 0) is 11.3 Å². The zero-order chi connectivity index (χ0) is 14.4. The summed E-state index contributed by atoms with van der Waals surface area (Å²) >= 11 is 1.37. The lowest BCUT2D eigenvalue weighted by molar-refractivity contribution is 0.0520. The predicted molar refractivity (Wildman–Crippen MR) is 78.4 cm³/mol. The number of benzene rings is 1. The summed E-state index contributed by atoms with van der Waals surface area (Å²) in [6.45, 7) is 2.70. The molecule has 0 aliphatic carbocycles. The van der Waals surface area contributed by atoms with E-state index in [9.17, 15) is 4.79 Å². The summed E-state index contributed by atoms with van der Waals surface area (Å²) in [5, 5.41) is 5.54. The number of methoxy groups -OCH3 is 1. The summed E-state index contributed by atoms with van der Waals surface area (Å²) in [7, 11) is 1.64. The van der Waals surface area contributed by atoms with Gasteiger partial charge in [0.15, 0.2) is 10.8 Å². The molecule has 0 saturated carbocycles. The van der Waals surface area contributed by atoms with Crippen LogP contribution in [0.5, 0.6) is 5.75 Å². The van der Waals surface area contributed by atoms with Gasteiger partial charge >= 0.3 is 5.97 Å². The summed E-state index contributed by atoms with van der Waals surface area (Å²) in [5.74, 6) is 0.427. The van der Waals surface area contributed by atoms with Crippen LogP contribution in [0.4, 0.5) is 5.13 Å². The van der Waals surface area contributed by atoms with Gasteiger partial charge in [-0.25, -0.2) is 9.78 Å². The minimum absolute atomic E-state index is 0.333. The van der Waals surface area contributed by atoms with Gasteiger partial charge in [-0.3, -0.25) is 0 Å². The zero-order valence-corrected chi connectivity index (χ0v) is 12.2. The molecule has 0 bridgehead atoms. The third kappa shape index (κ3) is 3.48. The molecule has 1 aromatic carbocycles. The normalized spacial score (nSPS) is 10.1. The van der Waals surface area contributed by atoms with Crippen molar-refractivity contribution in [2.45, 2.75) is 13.5 Å². The van der Waals surface area contributed by atoms with Gasteiger partial charge in [0, 0.05) is 17.5 Å². The van der Waals surface area contributed by atoms with Crippen molar-refractivity contribution in [1.82, 2.24) is 4.98 Å². The van der Waals surface area contributed by atoms with Crippen LogP contribution < -0.4 is 10.1 Å². The van der Waals surface area contributed by atoms with Crippen LogP contribution >= 0.6 is 11.3 Å². The molecule has 0 unspecified atom stereocenters. The highest BCUT2D eigenvalue weighted by Crippen LogP contribution is 2.21. The summed E-state index contributed by atoms with van der Waals surface area (Å²) in [4.78, 5) is 15.7. The van der Waals surface area contributed by atoms with Crippen LogP contribution in [0.1, 0.15) is 23.0 Å². The number of para-hydroxylation sites is 1. The monoisotopic (exact) mass is 292 g/mol. The second kappa shape index (κ2) is 6.91. The fourth-order valence-electron chi connectivity index (χ4n) is 1.67. The van der Waals surface area contributed by atoms with Gasteiger partial charge in [0.1, 0.15) is 5.75 Å². The highest BCUT2D eigenvalue weighted by molar-refractivity contribution is 7.13. The van der Waals surface area contributed by atoms with E-state index in [0.717, 1.165) is 11.3 Å². The van der Waals surface area contributed by atoms with Crippen molar-refractivity contribution in [3.8, 4) is 5.75 Å². The molecule has 5 nitrogen and oxygen atoms in total. The molecular weight excluding hydrogens is 276 g/mol. The third-order valence-electron chi connectivity index (χ3n) is 2.61. The van der Waals surface area contributed by atoms with Gasteiger partial charge in [-0.05, 0) is 13.0 Å². The lowest BCUT2D eigenvalue weighted by Crippen LogP contribution is -2.06. The molecule has 0 radical (unpaired) electrons. The Morgan fingerprint density at radius 1 is 1.40 bits per heavy atom. The summed E-state index contributed by atoms with van der Waals surface area (Å²) in [6, 6.07) is 7.75. The van der Waals surface area contributed by atoms with Crippen molar-refractivity contribution in [2.75, 3.05) is 19.0 Å². The predicted octanol–water partition coefficient (Wildman–Crippen LogP) is 2.94. The number of aromatic nitrogens is 1. The molecule has 0 atom stereocenters. The molecule has 106 valence electrons. The number of esters is 1. The molecule has 0 spiro atoms. The van der Waals surface area contributed by atoms with Crippen molar-refractivity contribution >= 4 is 22.4 Å². The largest absolute Gasteiger partial charge is 0.496 e. The fraction of sp³-hybridized carbons (Fsp3) is 0.286. The van der Waals surface area contributed by atoms with Gasteiger partial charge in [0.2, 0.25) is 0 Å². The minimum Gasteiger partial charge on any atom is -0.496 e. The standard InChI is InChI=1S/C14H16N2O3S/c1-3-19-13(17)11-9-20-14(16-11)15-8-10-6-4-5-7-12(10)18-2/h4-7,9H,3,8H2,1-2H3,(H,15,16). The second-order valence-corrected chi connectivity index (χ2v) is 4.78. The summed E-state index contributed by atoms with van der Waals surface area (Å²) < 4.78 is 10.2. The van der Waals surface area contributed by atoms with E-state index in [1.807, 2.05) is 24.3 Å². The number of hydrogen-bond donors (Lipinski definition) is 1. The highest BCUT2D eigenvalue weighted by Gasteiger charge is 2.11. The molecule has 0 amide bonds. The molecule has 0 aliphatic heterocycles. The second-order valence-electron chi connectivity index (χ2n) is 3.92. The zero-order valence-electron chi connectivity index (χ0n) is 11.4. The maximum absolute atomic E-state index is 11.5. The maximum Gasteiger partial charge on any atom is 0.357 e. The molecule has 0 aliphatic rings. The molecule has 0 saturated heterocycles. The number of ether oxygens (including phenoxy) is 2. The first kappa shape index (κ1) is 14.3. The summed E-state index contributed by atoms with van der Waals surface area (Å²) in [5.41, 5.74) is 1.36. The number of anilines is 1. The Balaban J connectivity index is 1.99. The van der Waals surface area contributed by atoms with Crippen molar-refractivity contribution < 1.29 is 14.3 Å². The third-order valence-corrected chi connectivity index (χ3v) is 3.41. The highest BCUT2D eigenvalue weighted by atomic mass is 32.1. The molecule has 0 fully saturated rings. The van der Waals surface area contributed by atoms with Crippen molar-refractivity contribution in [3.63, 3.8) is 0 Å².